The van der Waals surface area contributed by atoms with E-state index in [0.717, 1.165) is 24.2 Å². The fraction of sp³-hybridized carbons (Fsp3) is 0.400. The number of ether oxygens (including phenoxy) is 1. The van der Waals surface area contributed by atoms with E-state index in [2.05, 4.69) is 15.9 Å². The van der Waals surface area contributed by atoms with Crippen LogP contribution < -0.4 is 4.74 Å². The highest BCUT2D eigenvalue weighted by Gasteiger charge is 2.27. The first-order valence-corrected chi connectivity index (χ1v) is 5.41. The molecule has 1 aliphatic carbocycles. The van der Waals surface area contributed by atoms with E-state index in [9.17, 15) is 4.39 Å². The van der Waals surface area contributed by atoms with Crippen molar-refractivity contribution in [1.82, 2.24) is 0 Å². The molecular weight excluding hydrogens is 235 g/mol. The summed E-state index contributed by atoms with van der Waals surface area (Å²) in [7, 11) is 0. The molecule has 0 saturated heterocycles. The molecule has 0 N–H and O–H groups in total. The van der Waals surface area contributed by atoms with Gasteiger partial charge in [-0.25, -0.2) is 4.39 Å². The van der Waals surface area contributed by atoms with Crippen LogP contribution in [0.5, 0.6) is 5.75 Å². The van der Waals surface area contributed by atoms with Gasteiger partial charge in [-0.1, -0.05) is 0 Å². The molecule has 1 fully saturated rings. The van der Waals surface area contributed by atoms with Crippen molar-refractivity contribution in [1.29, 1.82) is 0 Å². The maximum absolute atomic E-state index is 12.9. The van der Waals surface area contributed by atoms with Gasteiger partial charge in [-0.15, -0.1) is 0 Å². The molecular formula is C10H10BrFO. The molecule has 2 rings (SSSR count). The summed E-state index contributed by atoms with van der Waals surface area (Å²) >= 11 is 3.19. The number of rotatable bonds is 3. The summed E-state index contributed by atoms with van der Waals surface area (Å²) in [5.41, 5.74) is 1.47. The predicted molar refractivity (Wildman–Crippen MR) is 52.8 cm³/mol. The van der Waals surface area contributed by atoms with E-state index < -0.39 is 0 Å². The first-order chi connectivity index (χ1) is 6.31. The lowest BCUT2D eigenvalue weighted by atomic mass is 10.1. The fourth-order valence-electron chi connectivity index (χ4n) is 1.42. The first kappa shape index (κ1) is 9.00. The fourth-order valence-corrected chi connectivity index (χ4v) is 1.67. The van der Waals surface area contributed by atoms with E-state index in [1.807, 2.05) is 0 Å². The predicted octanol–water partition coefficient (Wildman–Crippen LogP) is 3.43. The molecule has 1 aliphatic rings. The van der Waals surface area contributed by atoms with Gasteiger partial charge in [-0.3, -0.25) is 0 Å². The molecule has 0 spiro atoms. The number of benzene rings is 1. The van der Waals surface area contributed by atoms with E-state index in [1.165, 1.54) is 6.07 Å². The van der Waals surface area contributed by atoms with Gasteiger partial charge in [0, 0.05) is 5.56 Å². The van der Waals surface area contributed by atoms with Crippen LogP contribution in [0.3, 0.4) is 0 Å². The van der Waals surface area contributed by atoms with Gasteiger partial charge in [0.1, 0.15) is 17.1 Å². The molecule has 1 nitrogen and oxygen atoms in total. The van der Waals surface area contributed by atoms with Crippen LogP contribution >= 0.6 is 15.9 Å². The molecule has 0 heterocycles. The minimum Gasteiger partial charge on any atom is -0.482 e. The molecule has 0 radical (unpaired) electrons. The van der Waals surface area contributed by atoms with Crippen LogP contribution in [-0.4, -0.2) is 5.52 Å². The molecule has 0 aromatic heterocycles. The zero-order valence-corrected chi connectivity index (χ0v) is 8.68. The van der Waals surface area contributed by atoms with Crippen molar-refractivity contribution in [3.8, 4) is 5.75 Å². The van der Waals surface area contributed by atoms with Crippen molar-refractivity contribution in [3.05, 3.63) is 29.6 Å². The molecule has 13 heavy (non-hydrogen) atoms. The van der Waals surface area contributed by atoms with Crippen LogP contribution in [0, 0.1) is 5.82 Å². The van der Waals surface area contributed by atoms with E-state index >= 15 is 0 Å². The Kier molecular flexibility index (Phi) is 2.54. The van der Waals surface area contributed by atoms with Gasteiger partial charge < -0.3 is 4.74 Å². The number of hydrogen-bond acceptors (Lipinski definition) is 1. The summed E-state index contributed by atoms with van der Waals surface area (Å²) in [4.78, 5) is 0. The third-order valence-corrected chi connectivity index (χ3v) is 2.43. The van der Waals surface area contributed by atoms with Gasteiger partial charge in [0.2, 0.25) is 0 Å². The molecule has 0 amide bonds. The lowest BCUT2D eigenvalue weighted by Gasteiger charge is -2.08. The highest BCUT2D eigenvalue weighted by molar-refractivity contribution is 9.09. The molecule has 70 valence electrons. The van der Waals surface area contributed by atoms with Crippen LogP contribution in [0.25, 0.3) is 0 Å². The van der Waals surface area contributed by atoms with Crippen molar-refractivity contribution in [2.45, 2.75) is 18.8 Å². The van der Waals surface area contributed by atoms with Crippen LogP contribution in [0.15, 0.2) is 18.2 Å². The lowest BCUT2D eigenvalue weighted by Crippen LogP contribution is -1.94. The quantitative estimate of drug-likeness (QED) is 0.741. The topological polar surface area (TPSA) is 9.23 Å². The molecule has 1 saturated carbocycles. The summed E-state index contributed by atoms with van der Waals surface area (Å²) in [6, 6.07) is 4.71. The second kappa shape index (κ2) is 3.66. The van der Waals surface area contributed by atoms with E-state index in [4.69, 9.17) is 4.74 Å². The summed E-state index contributed by atoms with van der Waals surface area (Å²) in [6.07, 6.45) is 2.31. The maximum atomic E-state index is 12.9. The summed E-state index contributed by atoms with van der Waals surface area (Å²) in [5.74, 6) is 1.15. The molecule has 1 aromatic rings. The van der Waals surface area contributed by atoms with Crippen LogP contribution in [0.1, 0.15) is 24.3 Å². The van der Waals surface area contributed by atoms with Gasteiger partial charge >= 0.3 is 0 Å². The van der Waals surface area contributed by atoms with E-state index in [-0.39, 0.29) is 5.82 Å². The highest BCUT2D eigenvalue weighted by Crippen LogP contribution is 2.44. The first-order valence-electron chi connectivity index (χ1n) is 4.29. The van der Waals surface area contributed by atoms with E-state index in [0.29, 0.717) is 11.4 Å². The Balaban J connectivity index is 2.30. The standard InChI is InChI=1S/C10H10BrFO/c11-6-13-10-4-3-8(12)5-9(10)7-1-2-7/h3-5,7H,1-2,6H2. The number of hydrogen-bond donors (Lipinski definition) is 0. The smallest absolute Gasteiger partial charge is 0.143 e. The number of halogens is 2. The summed E-state index contributed by atoms with van der Waals surface area (Å²) in [5, 5.41) is 0. The van der Waals surface area contributed by atoms with Gasteiger partial charge in [0.15, 0.2) is 0 Å². The van der Waals surface area contributed by atoms with Gasteiger partial charge in [-0.2, -0.15) is 0 Å². The van der Waals surface area contributed by atoms with Crippen molar-refractivity contribution in [3.63, 3.8) is 0 Å². The Morgan fingerprint density at radius 1 is 1.46 bits per heavy atom. The number of alkyl halides is 1. The largest absolute Gasteiger partial charge is 0.482 e. The highest BCUT2D eigenvalue weighted by atomic mass is 79.9. The Hall–Kier alpha value is -0.570. The van der Waals surface area contributed by atoms with E-state index in [1.54, 1.807) is 12.1 Å². The maximum Gasteiger partial charge on any atom is 0.143 e. The van der Waals surface area contributed by atoms with Gasteiger partial charge in [0.05, 0.1) is 0 Å². The molecule has 0 bridgehead atoms. The SMILES string of the molecule is Fc1ccc(OCBr)c(C2CC2)c1. The van der Waals surface area contributed by atoms with Crippen molar-refractivity contribution in [2.24, 2.45) is 0 Å². The zero-order valence-electron chi connectivity index (χ0n) is 7.09. The molecule has 0 atom stereocenters. The van der Waals surface area contributed by atoms with Crippen molar-refractivity contribution >= 4 is 15.9 Å². The Bertz CT molecular complexity index is 310. The molecule has 3 heteroatoms. The van der Waals surface area contributed by atoms with Crippen molar-refractivity contribution in [2.75, 3.05) is 5.52 Å². The molecule has 1 aromatic carbocycles. The van der Waals surface area contributed by atoms with Crippen molar-refractivity contribution < 1.29 is 9.13 Å². The minimum atomic E-state index is -0.177. The third kappa shape index (κ3) is 2.02. The Morgan fingerprint density at radius 2 is 2.23 bits per heavy atom. The minimum absolute atomic E-state index is 0.177. The van der Waals surface area contributed by atoms with Gasteiger partial charge in [0.25, 0.3) is 0 Å². The summed E-state index contributed by atoms with van der Waals surface area (Å²) in [6.45, 7) is 0. The van der Waals surface area contributed by atoms with Gasteiger partial charge in [-0.05, 0) is 52.9 Å². The Morgan fingerprint density at radius 3 is 2.85 bits per heavy atom. The molecule has 0 aliphatic heterocycles. The average molecular weight is 245 g/mol. The van der Waals surface area contributed by atoms with Crippen LogP contribution in [-0.2, 0) is 0 Å². The average Bonchev–Trinajstić information content (AvgIpc) is 2.91. The Labute approximate surface area is 85.0 Å². The lowest BCUT2D eigenvalue weighted by molar-refractivity contribution is 0.392. The third-order valence-electron chi connectivity index (χ3n) is 2.20. The van der Waals surface area contributed by atoms with Crippen LogP contribution in [0.4, 0.5) is 4.39 Å². The second-order valence-electron chi connectivity index (χ2n) is 3.21. The normalized spacial score (nSPS) is 15.8. The second-order valence-corrected chi connectivity index (χ2v) is 3.67. The van der Waals surface area contributed by atoms with Crippen LogP contribution in [0.2, 0.25) is 0 Å². The zero-order chi connectivity index (χ0) is 9.26. The molecule has 0 unspecified atom stereocenters. The summed E-state index contributed by atoms with van der Waals surface area (Å²) < 4.78 is 18.3. The monoisotopic (exact) mass is 244 g/mol.